The lowest BCUT2D eigenvalue weighted by molar-refractivity contribution is -0.148. The van der Waals surface area contributed by atoms with Crippen molar-refractivity contribution < 1.29 is 23.5 Å². The Balaban J connectivity index is 1.92. The van der Waals surface area contributed by atoms with Crippen molar-refractivity contribution >= 4 is 26.2 Å². The van der Waals surface area contributed by atoms with E-state index in [4.69, 9.17) is 9.16 Å². The molecule has 6 nitrogen and oxygen atoms in total. The highest BCUT2D eigenvalue weighted by atomic mass is 28.4. The molecule has 0 fully saturated rings. The first kappa shape index (κ1) is 36.8. The number of carbonyl (C=O) groups excluding carboxylic acids is 3. The number of benzene rings is 3. The predicted molar refractivity (Wildman–Crippen MR) is 188 cm³/mol. The van der Waals surface area contributed by atoms with E-state index in [0.29, 0.717) is 6.42 Å². The van der Waals surface area contributed by atoms with Crippen LogP contribution < -0.4 is 5.32 Å². The molecule has 1 N–H and O–H groups in total. The van der Waals surface area contributed by atoms with Crippen LogP contribution in [0.1, 0.15) is 84.4 Å². The number of amides is 1. The fourth-order valence-electron chi connectivity index (χ4n) is 6.65. The molecule has 0 aliphatic rings. The van der Waals surface area contributed by atoms with Crippen molar-refractivity contribution in [1.29, 1.82) is 0 Å². The summed E-state index contributed by atoms with van der Waals surface area (Å²) in [5.74, 6) is -1.96. The predicted octanol–water partition coefficient (Wildman–Crippen LogP) is 8.60. The molecule has 4 atom stereocenters. The maximum atomic E-state index is 14.4. The number of rotatable bonds is 16. The fraction of sp³-hybridized carbons (Fsp3) is 0.462. The van der Waals surface area contributed by atoms with Gasteiger partial charge in [0.25, 0.3) is 8.32 Å². The van der Waals surface area contributed by atoms with Gasteiger partial charge in [-0.1, -0.05) is 152 Å². The zero-order chi connectivity index (χ0) is 33.7. The monoisotopic (exact) mass is 643 g/mol. The Morgan fingerprint density at radius 2 is 1.17 bits per heavy atom. The van der Waals surface area contributed by atoms with E-state index in [2.05, 4.69) is 53.8 Å². The van der Waals surface area contributed by atoms with Crippen molar-refractivity contribution in [3.05, 3.63) is 108 Å². The number of carbonyl (C=O) groups is 3. The summed E-state index contributed by atoms with van der Waals surface area (Å²) in [6.45, 7) is 15.4. The van der Waals surface area contributed by atoms with Gasteiger partial charge in [-0.3, -0.25) is 14.4 Å². The Morgan fingerprint density at radius 3 is 1.63 bits per heavy atom. The topological polar surface area (TPSA) is 81.7 Å². The Hall–Kier alpha value is -3.71. The second kappa shape index (κ2) is 17.3. The Bertz CT molecular complexity index is 1360. The van der Waals surface area contributed by atoms with E-state index < -0.39 is 32.2 Å². The summed E-state index contributed by atoms with van der Waals surface area (Å²) in [5.41, 5.74) is 3.17. The lowest BCUT2D eigenvalue weighted by atomic mass is 9.94. The molecule has 1 amide bonds. The highest BCUT2D eigenvalue weighted by Gasteiger charge is 2.56. The Kier molecular flexibility index (Phi) is 13.8. The van der Waals surface area contributed by atoms with Crippen LogP contribution in [0.4, 0.5) is 0 Å². The first-order chi connectivity index (χ1) is 21.9. The number of esters is 1. The molecule has 248 valence electrons. The summed E-state index contributed by atoms with van der Waals surface area (Å²) in [4.78, 5) is 41.5. The van der Waals surface area contributed by atoms with Crippen LogP contribution in [-0.4, -0.2) is 32.2 Å². The van der Waals surface area contributed by atoms with Crippen molar-refractivity contribution in [2.24, 2.45) is 5.92 Å². The average molecular weight is 644 g/mol. The van der Waals surface area contributed by atoms with Crippen LogP contribution >= 0.6 is 0 Å². The molecule has 0 saturated heterocycles. The van der Waals surface area contributed by atoms with Gasteiger partial charge in [0.2, 0.25) is 5.91 Å². The third-order valence-corrected chi connectivity index (χ3v) is 16.0. The molecule has 0 bridgehead atoms. The van der Waals surface area contributed by atoms with Crippen LogP contribution in [0.15, 0.2) is 91.0 Å². The maximum Gasteiger partial charge on any atom is 0.315 e. The van der Waals surface area contributed by atoms with Crippen LogP contribution in [0.5, 0.6) is 0 Å². The number of hydrogen-bond donors (Lipinski definition) is 1. The van der Waals surface area contributed by atoms with Gasteiger partial charge in [-0.05, 0) is 39.2 Å². The molecule has 3 aromatic rings. The molecular formula is C39H53NO5Si. The largest absolute Gasteiger partial charge is 0.516 e. The Labute approximate surface area is 277 Å². The van der Waals surface area contributed by atoms with Gasteiger partial charge in [0.05, 0.1) is 12.3 Å². The zero-order valence-electron chi connectivity index (χ0n) is 28.8. The van der Waals surface area contributed by atoms with E-state index in [9.17, 15) is 14.4 Å². The molecule has 0 heterocycles. The molecule has 3 aromatic carbocycles. The second-order valence-corrected chi connectivity index (χ2v) is 18.8. The van der Waals surface area contributed by atoms with Crippen LogP contribution in [0.2, 0.25) is 16.1 Å². The van der Waals surface area contributed by atoms with Crippen molar-refractivity contribution in [1.82, 2.24) is 5.32 Å². The quantitative estimate of drug-likeness (QED) is 0.125. The SMILES string of the molecule is CCC(C)[Si](OC(=O)[C@H](Cc1ccccc1)NC(=O)[C@@H](CC(=O)OCc1ccccc1)Cc1ccccc1)(C(C)CC)C(C)(C)C. The van der Waals surface area contributed by atoms with E-state index in [1.165, 1.54) is 0 Å². The standard InChI is InChI=1S/C39H53NO5Si/c1-8-29(3)46(30(4)9-2,39(5,6)7)45-38(43)35(26-32-21-15-11-16-22-32)40-37(42)34(25-31-19-13-10-14-20-31)27-36(41)44-28-33-23-17-12-18-24-33/h10-24,29-30,34-35H,8-9,25-28H2,1-7H3,(H,40,42)/t29?,30?,34-,35+,46?/m1/s1. The summed E-state index contributed by atoms with van der Waals surface area (Å²) >= 11 is 0. The maximum absolute atomic E-state index is 14.4. The van der Waals surface area contributed by atoms with Crippen molar-refractivity contribution in [3.63, 3.8) is 0 Å². The molecule has 0 aliphatic heterocycles. The van der Waals surface area contributed by atoms with Gasteiger partial charge >= 0.3 is 11.9 Å². The van der Waals surface area contributed by atoms with E-state index in [1.54, 1.807) is 0 Å². The van der Waals surface area contributed by atoms with Crippen LogP contribution in [-0.2, 0) is 43.0 Å². The van der Waals surface area contributed by atoms with Crippen molar-refractivity contribution in [3.8, 4) is 0 Å². The van der Waals surface area contributed by atoms with Crippen LogP contribution in [0, 0.1) is 5.92 Å². The lowest BCUT2D eigenvalue weighted by Gasteiger charge is -2.49. The smallest absolute Gasteiger partial charge is 0.315 e. The number of nitrogens with one attached hydrogen (secondary N) is 1. The average Bonchev–Trinajstić information content (AvgIpc) is 3.05. The fourth-order valence-corrected chi connectivity index (χ4v) is 13.0. The highest BCUT2D eigenvalue weighted by molar-refractivity contribution is 6.80. The van der Waals surface area contributed by atoms with Crippen LogP contribution in [0.25, 0.3) is 0 Å². The number of hydrogen-bond acceptors (Lipinski definition) is 5. The van der Waals surface area contributed by atoms with Gasteiger partial charge < -0.3 is 14.5 Å². The molecule has 0 radical (unpaired) electrons. The molecule has 46 heavy (non-hydrogen) atoms. The van der Waals surface area contributed by atoms with E-state index in [1.807, 2.05) is 91.0 Å². The normalized spacial score (nSPS) is 15.5. The molecule has 3 rings (SSSR count). The molecule has 2 unspecified atom stereocenters. The first-order valence-electron chi connectivity index (χ1n) is 16.7. The van der Waals surface area contributed by atoms with E-state index >= 15 is 0 Å². The van der Waals surface area contributed by atoms with Crippen LogP contribution in [0.3, 0.4) is 0 Å². The lowest BCUT2D eigenvalue weighted by Crippen LogP contribution is -2.58. The molecule has 0 aliphatic carbocycles. The van der Waals surface area contributed by atoms with Gasteiger partial charge in [0.15, 0.2) is 0 Å². The van der Waals surface area contributed by atoms with E-state index in [0.717, 1.165) is 29.5 Å². The zero-order valence-corrected chi connectivity index (χ0v) is 29.8. The summed E-state index contributed by atoms with van der Waals surface area (Å²) in [5, 5.41) is 2.84. The van der Waals surface area contributed by atoms with Crippen molar-refractivity contribution in [2.75, 3.05) is 0 Å². The van der Waals surface area contributed by atoms with Gasteiger partial charge in [-0.2, -0.15) is 0 Å². The molecule has 0 saturated carbocycles. The van der Waals surface area contributed by atoms with Gasteiger partial charge in [0.1, 0.15) is 12.6 Å². The summed E-state index contributed by atoms with van der Waals surface area (Å²) in [7, 11) is -2.73. The number of ether oxygens (including phenoxy) is 1. The third kappa shape index (κ3) is 9.89. The molecule has 7 heteroatoms. The summed E-state index contributed by atoms with van der Waals surface area (Å²) in [6, 6.07) is 27.8. The minimum Gasteiger partial charge on any atom is -0.516 e. The van der Waals surface area contributed by atoms with Crippen molar-refractivity contribution in [2.45, 2.75) is 109 Å². The second-order valence-electron chi connectivity index (χ2n) is 13.6. The minimum absolute atomic E-state index is 0.110. The summed E-state index contributed by atoms with van der Waals surface area (Å²) < 4.78 is 12.4. The van der Waals surface area contributed by atoms with Gasteiger partial charge in [0, 0.05) is 6.42 Å². The van der Waals surface area contributed by atoms with Gasteiger partial charge in [-0.15, -0.1) is 0 Å². The van der Waals surface area contributed by atoms with E-state index in [-0.39, 0.29) is 41.5 Å². The minimum atomic E-state index is -2.73. The molecular weight excluding hydrogens is 591 g/mol. The molecule has 0 aromatic heterocycles. The summed E-state index contributed by atoms with van der Waals surface area (Å²) in [6.07, 6.45) is 2.32. The molecule has 0 spiro atoms. The first-order valence-corrected chi connectivity index (χ1v) is 18.8. The Morgan fingerprint density at radius 1 is 0.717 bits per heavy atom. The van der Waals surface area contributed by atoms with Gasteiger partial charge in [-0.25, -0.2) is 0 Å². The highest BCUT2D eigenvalue weighted by Crippen LogP contribution is 2.53. The third-order valence-electron chi connectivity index (χ3n) is 9.37.